The number of carbonyl (C=O) groups excluding carboxylic acids is 1. The monoisotopic (exact) mass is 438 g/mol. The van der Waals surface area contributed by atoms with Crippen LogP contribution in [0.15, 0.2) is 51.1 Å². The van der Waals surface area contributed by atoms with Gasteiger partial charge in [0.05, 0.1) is 13.0 Å². The van der Waals surface area contributed by atoms with Crippen LogP contribution in [-0.2, 0) is 30.2 Å². The summed E-state index contributed by atoms with van der Waals surface area (Å²) in [5.41, 5.74) is 3.91. The van der Waals surface area contributed by atoms with Gasteiger partial charge < -0.3 is 4.74 Å². The normalized spacial score (nSPS) is 11.9. The average molecular weight is 438 g/mol. The van der Waals surface area contributed by atoms with Gasteiger partial charge >= 0.3 is 11.7 Å². The summed E-state index contributed by atoms with van der Waals surface area (Å²) in [6.07, 6.45) is 3.84. The topological polar surface area (TPSA) is 113 Å². The van der Waals surface area contributed by atoms with Gasteiger partial charge in [0.15, 0.2) is 11.2 Å². The Kier molecular flexibility index (Phi) is 7.04. The summed E-state index contributed by atoms with van der Waals surface area (Å²) in [5.74, 6) is -0.106. The van der Waals surface area contributed by atoms with Crippen molar-refractivity contribution in [3.63, 3.8) is 0 Å². The number of ether oxygens (including phenoxy) is 1. The Morgan fingerprint density at radius 1 is 1.19 bits per heavy atom. The fourth-order valence-corrected chi connectivity index (χ4v) is 3.17. The minimum atomic E-state index is -0.472. The van der Waals surface area contributed by atoms with Crippen molar-refractivity contribution in [2.45, 2.75) is 26.8 Å². The number of benzene rings is 1. The second kappa shape index (κ2) is 9.90. The Labute approximate surface area is 184 Å². The van der Waals surface area contributed by atoms with Crippen LogP contribution in [0.2, 0.25) is 0 Å². The Bertz CT molecular complexity index is 1300. The molecule has 10 nitrogen and oxygen atoms in total. The van der Waals surface area contributed by atoms with E-state index in [0.717, 1.165) is 10.1 Å². The maximum absolute atomic E-state index is 12.9. The third-order valence-corrected chi connectivity index (χ3v) is 4.80. The molecule has 0 saturated heterocycles. The number of imidazole rings is 1. The van der Waals surface area contributed by atoms with E-state index < -0.39 is 11.2 Å². The molecule has 3 aromatic rings. The number of nitrogens with zero attached hydrogens (tertiary/aromatic N) is 5. The molecule has 0 amide bonds. The lowest BCUT2D eigenvalue weighted by Crippen LogP contribution is -2.37. The number of aryl methyl sites for hydroxylation is 1. The highest BCUT2D eigenvalue weighted by atomic mass is 16.5. The summed E-state index contributed by atoms with van der Waals surface area (Å²) in [5, 5.41) is 4.21. The first kappa shape index (κ1) is 22.7. The number of hydrazone groups is 1. The number of allylic oxidation sites excluding steroid dienone is 1. The van der Waals surface area contributed by atoms with Crippen molar-refractivity contribution < 1.29 is 9.53 Å². The second-order valence-electron chi connectivity index (χ2n) is 7.18. The van der Waals surface area contributed by atoms with Crippen molar-refractivity contribution >= 4 is 34.9 Å². The molecule has 1 aromatic carbocycles. The molecule has 0 fully saturated rings. The lowest BCUT2D eigenvalue weighted by molar-refractivity contribution is -0.141. The van der Waals surface area contributed by atoms with Gasteiger partial charge in [-0.15, -0.1) is 0 Å². The predicted molar refractivity (Wildman–Crippen MR) is 124 cm³/mol. The third-order valence-electron chi connectivity index (χ3n) is 4.80. The average Bonchev–Trinajstić information content (AvgIpc) is 3.14. The van der Waals surface area contributed by atoms with Crippen LogP contribution in [0.4, 0.5) is 5.95 Å². The zero-order chi connectivity index (χ0) is 23.3. The molecule has 2 aromatic heterocycles. The smallest absolute Gasteiger partial charge is 0.332 e. The fraction of sp³-hybridized carbons (Fsp3) is 0.318. The van der Waals surface area contributed by atoms with Crippen LogP contribution in [-0.4, -0.2) is 37.0 Å². The lowest BCUT2D eigenvalue weighted by atomic mass is 10.2. The summed E-state index contributed by atoms with van der Waals surface area (Å²) >= 11 is 0. The van der Waals surface area contributed by atoms with Gasteiger partial charge in [0.25, 0.3) is 5.56 Å². The first-order valence-electron chi connectivity index (χ1n) is 10.2. The van der Waals surface area contributed by atoms with E-state index in [9.17, 15) is 14.4 Å². The Morgan fingerprint density at radius 3 is 2.59 bits per heavy atom. The van der Waals surface area contributed by atoms with Crippen molar-refractivity contribution in [3.05, 3.63) is 62.8 Å². The molecule has 168 valence electrons. The first-order valence-corrected chi connectivity index (χ1v) is 10.2. The standard InChI is InChI=1S/C22H26N6O4/c1-5-32-17(29)14-15(2)24-25-21-23-19-18(20(30)27(4)22(31)26(19)3)28(21)13-9-12-16-10-7-6-8-11-16/h6-12H,5,13-14H2,1-4H3,(H,23,25)/b12-9?,24-15-. The van der Waals surface area contributed by atoms with Gasteiger partial charge in [-0.25, -0.2) is 10.2 Å². The van der Waals surface area contributed by atoms with Crippen LogP contribution >= 0.6 is 0 Å². The van der Waals surface area contributed by atoms with E-state index in [2.05, 4.69) is 15.5 Å². The summed E-state index contributed by atoms with van der Waals surface area (Å²) in [6.45, 7) is 4.02. The van der Waals surface area contributed by atoms with Crippen LogP contribution < -0.4 is 16.7 Å². The SMILES string of the molecule is CCOC(=O)C/C(C)=N\Nc1nc2c(c(=O)n(C)c(=O)n2C)n1CC=Cc1ccccc1. The molecular formula is C22H26N6O4. The Balaban J connectivity index is 2.01. The maximum atomic E-state index is 12.9. The number of anilines is 1. The van der Waals surface area contributed by atoms with Crippen LogP contribution in [0.3, 0.4) is 0 Å². The maximum Gasteiger partial charge on any atom is 0.332 e. The van der Waals surface area contributed by atoms with E-state index in [0.29, 0.717) is 18.9 Å². The molecule has 1 N–H and O–H groups in total. The highest BCUT2D eigenvalue weighted by Crippen LogP contribution is 2.16. The van der Waals surface area contributed by atoms with Gasteiger partial charge in [0.1, 0.15) is 0 Å². The van der Waals surface area contributed by atoms with Crippen LogP contribution in [0.5, 0.6) is 0 Å². The molecule has 32 heavy (non-hydrogen) atoms. The fourth-order valence-electron chi connectivity index (χ4n) is 3.17. The number of hydrogen-bond acceptors (Lipinski definition) is 7. The van der Waals surface area contributed by atoms with Gasteiger partial charge in [0, 0.05) is 26.4 Å². The predicted octanol–water partition coefficient (Wildman–Crippen LogP) is 1.89. The van der Waals surface area contributed by atoms with Gasteiger partial charge in [-0.1, -0.05) is 42.5 Å². The van der Waals surface area contributed by atoms with E-state index in [-0.39, 0.29) is 29.5 Å². The molecule has 0 aliphatic rings. The second-order valence-corrected chi connectivity index (χ2v) is 7.18. The number of rotatable bonds is 8. The summed E-state index contributed by atoms with van der Waals surface area (Å²) in [7, 11) is 2.98. The number of carbonyl (C=O) groups is 1. The zero-order valence-electron chi connectivity index (χ0n) is 18.5. The minimum absolute atomic E-state index is 0.0230. The van der Waals surface area contributed by atoms with Gasteiger partial charge in [-0.05, 0) is 19.4 Å². The molecular weight excluding hydrogens is 412 g/mol. The van der Waals surface area contributed by atoms with E-state index in [1.54, 1.807) is 25.5 Å². The molecule has 10 heteroatoms. The highest BCUT2D eigenvalue weighted by molar-refractivity contribution is 5.97. The molecule has 0 saturated carbocycles. The van der Waals surface area contributed by atoms with Gasteiger partial charge in [-0.3, -0.25) is 23.3 Å². The van der Waals surface area contributed by atoms with Gasteiger partial charge in [0.2, 0.25) is 5.95 Å². The summed E-state index contributed by atoms with van der Waals surface area (Å²) in [6, 6.07) is 9.74. The molecule has 0 bridgehead atoms. The molecule has 0 unspecified atom stereocenters. The molecule has 2 heterocycles. The number of aromatic nitrogens is 4. The molecule has 0 radical (unpaired) electrons. The largest absolute Gasteiger partial charge is 0.466 e. The lowest BCUT2D eigenvalue weighted by Gasteiger charge is -2.07. The number of fused-ring (bicyclic) bond motifs is 1. The van der Waals surface area contributed by atoms with Crippen molar-refractivity contribution in [3.8, 4) is 0 Å². The van der Waals surface area contributed by atoms with Crippen molar-refractivity contribution in [2.75, 3.05) is 12.0 Å². The number of nitrogens with one attached hydrogen (secondary N) is 1. The Hall–Kier alpha value is -3.95. The van der Waals surface area contributed by atoms with Crippen molar-refractivity contribution in [1.82, 2.24) is 18.7 Å². The highest BCUT2D eigenvalue weighted by Gasteiger charge is 2.18. The minimum Gasteiger partial charge on any atom is -0.466 e. The number of hydrogen-bond donors (Lipinski definition) is 1. The molecule has 0 aliphatic carbocycles. The molecule has 0 spiro atoms. The van der Waals surface area contributed by atoms with E-state index in [1.165, 1.54) is 11.6 Å². The quantitative estimate of drug-likeness (QED) is 0.327. The molecule has 0 atom stereocenters. The van der Waals surface area contributed by atoms with Gasteiger partial charge in [-0.2, -0.15) is 10.1 Å². The third kappa shape index (κ3) is 4.85. The van der Waals surface area contributed by atoms with Crippen molar-refractivity contribution in [1.29, 1.82) is 0 Å². The zero-order valence-corrected chi connectivity index (χ0v) is 18.5. The molecule has 0 aliphatic heterocycles. The van der Waals surface area contributed by atoms with E-state index >= 15 is 0 Å². The van der Waals surface area contributed by atoms with Crippen molar-refractivity contribution in [2.24, 2.45) is 19.2 Å². The first-order chi connectivity index (χ1) is 15.3. The Morgan fingerprint density at radius 2 is 1.91 bits per heavy atom. The summed E-state index contributed by atoms with van der Waals surface area (Å²) < 4.78 is 8.94. The van der Waals surface area contributed by atoms with Crippen LogP contribution in [0.1, 0.15) is 25.8 Å². The molecule has 3 rings (SSSR count). The van der Waals surface area contributed by atoms with Crippen LogP contribution in [0.25, 0.3) is 17.2 Å². The number of esters is 1. The summed E-state index contributed by atoms with van der Waals surface area (Å²) in [4.78, 5) is 41.3. The van der Waals surface area contributed by atoms with Crippen LogP contribution in [0, 0.1) is 0 Å². The van der Waals surface area contributed by atoms with E-state index in [4.69, 9.17) is 4.74 Å². The van der Waals surface area contributed by atoms with E-state index in [1.807, 2.05) is 42.5 Å².